The van der Waals surface area contributed by atoms with Crippen LogP contribution in [0, 0.1) is 0 Å². The SMILES string of the molecule is C=CC(=O)NC(CC)CS(=O)(=O)O.[H-].[K+]. The van der Waals surface area contributed by atoms with E-state index in [4.69, 9.17) is 4.55 Å². The van der Waals surface area contributed by atoms with Crippen LogP contribution < -0.4 is 56.7 Å². The predicted molar refractivity (Wildman–Crippen MR) is 49.9 cm³/mol. The van der Waals surface area contributed by atoms with Crippen molar-refractivity contribution < 1.29 is 70.6 Å². The van der Waals surface area contributed by atoms with E-state index in [-0.39, 0.29) is 52.8 Å². The molecule has 0 aromatic carbocycles. The number of nitrogens with one attached hydrogen (secondary N) is 1. The fraction of sp³-hybridized carbons (Fsp3) is 0.571. The van der Waals surface area contributed by atoms with E-state index in [2.05, 4.69) is 11.9 Å². The predicted octanol–water partition coefficient (Wildman–Crippen LogP) is -2.93. The Kier molecular flexibility index (Phi) is 9.77. The zero-order valence-electron chi connectivity index (χ0n) is 9.36. The number of carbonyl (C=O) groups excluding carboxylic acids is 1. The third kappa shape index (κ3) is 9.32. The fourth-order valence-electron chi connectivity index (χ4n) is 0.776. The molecule has 1 amide bonds. The number of hydrogen-bond donors (Lipinski definition) is 2. The van der Waals surface area contributed by atoms with Gasteiger partial charge in [0, 0.05) is 6.04 Å². The maximum atomic E-state index is 10.8. The quantitative estimate of drug-likeness (QED) is 0.309. The van der Waals surface area contributed by atoms with E-state index < -0.39 is 27.8 Å². The zero-order valence-corrected chi connectivity index (χ0v) is 12.3. The standard InChI is InChI=1S/C7H13NO4S.K.H/c1-3-6(5-13(10,11)12)8-7(9)4-2;;/h4,6H,2-3,5H2,1H3,(H,8,9)(H,10,11,12);;/q;+1;-1. The van der Waals surface area contributed by atoms with E-state index in [1.165, 1.54) is 0 Å². The van der Waals surface area contributed by atoms with Gasteiger partial charge in [0.15, 0.2) is 0 Å². The minimum atomic E-state index is -4.04. The summed E-state index contributed by atoms with van der Waals surface area (Å²) in [6.07, 6.45) is 1.48. The Hall–Kier alpha value is 0.756. The van der Waals surface area contributed by atoms with Gasteiger partial charge in [-0.25, -0.2) is 0 Å². The van der Waals surface area contributed by atoms with Crippen molar-refractivity contribution in [2.24, 2.45) is 0 Å². The fourth-order valence-corrected chi connectivity index (χ4v) is 1.60. The molecule has 0 spiro atoms. The van der Waals surface area contributed by atoms with E-state index >= 15 is 0 Å². The summed E-state index contributed by atoms with van der Waals surface area (Å²) in [5.41, 5.74) is 0. The molecule has 78 valence electrons. The number of carbonyl (C=O) groups is 1. The summed E-state index contributed by atoms with van der Waals surface area (Å²) in [7, 11) is -4.04. The van der Waals surface area contributed by atoms with Gasteiger partial charge in [-0.05, 0) is 12.5 Å². The molecule has 0 bridgehead atoms. The second-order valence-electron chi connectivity index (χ2n) is 2.57. The normalized spacial score (nSPS) is 12.4. The van der Waals surface area contributed by atoms with Gasteiger partial charge < -0.3 is 6.74 Å². The first-order valence-electron chi connectivity index (χ1n) is 3.77. The van der Waals surface area contributed by atoms with Gasteiger partial charge in [0.25, 0.3) is 10.1 Å². The minimum Gasteiger partial charge on any atom is -1.00 e. The van der Waals surface area contributed by atoms with Crippen molar-refractivity contribution in [2.75, 3.05) is 5.75 Å². The summed E-state index contributed by atoms with van der Waals surface area (Å²) >= 11 is 0. The van der Waals surface area contributed by atoms with Crippen molar-refractivity contribution >= 4 is 16.0 Å². The van der Waals surface area contributed by atoms with Gasteiger partial charge in [0.05, 0.1) is 5.75 Å². The second-order valence-corrected chi connectivity index (χ2v) is 4.06. The molecule has 1 unspecified atom stereocenters. The molecule has 0 fully saturated rings. The van der Waals surface area contributed by atoms with E-state index in [1.807, 2.05) is 0 Å². The Morgan fingerprint density at radius 1 is 1.71 bits per heavy atom. The second kappa shape index (κ2) is 7.97. The molecule has 5 nitrogen and oxygen atoms in total. The first kappa shape index (κ1) is 17.2. The first-order valence-corrected chi connectivity index (χ1v) is 5.38. The van der Waals surface area contributed by atoms with E-state index in [9.17, 15) is 13.2 Å². The van der Waals surface area contributed by atoms with Crippen molar-refractivity contribution in [1.29, 1.82) is 0 Å². The van der Waals surface area contributed by atoms with E-state index in [0.29, 0.717) is 6.42 Å². The van der Waals surface area contributed by atoms with Crippen LogP contribution in [0.5, 0.6) is 0 Å². The molecule has 0 rings (SSSR count). The molecule has 0 radical (unpaired) electrons. The van der Waals surface area contributed by atoms with Crippen LogP contribution in [0.2, 0.25) is 0 Å². The van der Waals surface area contributed by atoms with Crippen molar-refractivity contribution in [1.82, 2.24) is 5.32 Å². The zero-order chi connectivity index (χ0) is 10.5. The molecule has 2 N–H and O–H groups in total. The number of rotatable bonds is 5. The summed E-state index contributed by atoms with van der Waals surface area (Å²) in [5.74, 6) is -0.918. The van der Waals surface area contributed by atoms with E-state index in [0.717, 1.165) is 6.08 Å². The molecule has 0 heterocycles. The third-order valence-corrected chi connectivity index (χ3v) is 2.26. The summed E-state index contributed by atoms with van der Waals surface area (Å²) in [6, 6.07) is -0.569. The van der Waals surface area contributed by atoms with Crippen LogP contribution in [-0.2, 0) is 14.9 Å². The molecule has 0 aliphatic carbocycles. The van der Waals surface area contributed by atoms with Gasteiger partial charge in [0.2, 0.25) is 5.91 Å². The Morgan fingerprint density at radius 2 is 2.21 bits per heavy atom. The molecule has 0 saturated carbocycles. The molecular weight excluding hydrogens is 233 g/mol. The average molecular weight is 247 g/mol. The van der Waals surface area contributed by atoms with Gasteiger partial charge in [0.1, 0.15) is 0 Å². The summed E-state index contributed by atoms with van der Waals surface area (Å²) in [4.78, 5) is 10.8. The summed E-state index contributed by atoms with van der Waals surface area (Å²) in [5, 5.41) is 2.38. The van der Waals surface area contributed by atoms with Gasteiger partial charge in [-0.1, -0.05) is 13.5 Å². The smallest absolute Gasteiger partial charge is 1.00 e. The van der Waals surface area contributed by atoms with Crippen LogP contribution in [0.1, 0.15) is 14.8 Å². The Labute approximate surface area is 128 Å². The topological polar surface area (TPSA) is 83.5 Å². The molecular formula is C7H14KNO4S. The summed E-state index contributed by atoms with van der Waals surface area (Å²) in [6.45, 7) is 4.93. The largest absolute Gasteiger partial charge is 1.00 e. The number of hydrogen-bond acceptors (Lipinski definition) is 3. The van der Waals surface area contributed by atoms with Crippen LogP contribution >= 0.6 is 0 Å². The van der Waals surface area contributed by atoms with Crippen LogP contribution in [0.15, 0.2) is 12.7 Å². The van der Waals surface area contributed by atoms with Crippen LogP contribution in [-0.4, -0.2) is 30.7 Å². The van der Waals surface area contributed by atoms with Crippen molar-refractivity contribution in [2.45, 2.75) is 19.4 Å². The van der Waals surface area contributed by atoms with Gasteiger partial charge in [-0.15, -0.1) is 0 Å². The van der Waals surface area contributed by atoms with Gasteiger partial charge in [-0.2, -0.15) is 8.42 Å². The van der Waals surface area contributed by atoms with Gasteiger partial charge in [-0.3, -0.25) is 9.35 Å². The molecule has 0 aromatic heterocycles. The molecule has 7 heteroatoms. The maximum Gasteiger partial charge on any atom is 1.00 e. The van der Waals surface area contributed by atoms with E-state index in [1.54, 1.807) is 6.92 Å². The van der Waals surface area contributed by atoms with Crippen molar-refractivity contribution in [3.63, 3.8) is 0 Å². The maximum absolute atomic E-state index is 10.8. The van der Waals surface area contributed by atoms with Crippen LogP contribution in [0.3, 0.4) is 0 Å². The molecule has 0 aliphatic heterocycles. The summed E-state index contributed by atoms with van der Waals surface area (Å²) < 4.78 is 29.4. The Morgan fingerprint density at radius 3 is 2.50 bits per heavy atom. The molecule has 0 aliphatic rings. The minimum absolute atomic E-state index is 0. The van der Waals surface area contributed by atoms with Crippen LogP contribution in [0.25, 0.3) is 0 Å². The molecule has 1 atom stereocenters. The van der Waals surface area contributed by atoms with Crippen molar-refractivity contribution in [3.05, 3.63) is 12.7 Å². The van der Waals surface area contributed by atoms with Gasteiger partial charge >= 0.3 is 51.4 Å². The Bertz CT molecular complexity index is 293. The molecule has 14 heavy (non-hydrogen) atoms. The van der Waals surface area contributed by atoms with Crippen LogP contribution in [0.4, 0.5) is 0 Å². The third-order valence-electron chi connectivity index (χ3n) is 1.44. The number of amides is 1. The monoisotopic (exact) mass is 247 g/mol. The first-order chi connectivity index (χ1) is 5.89. The molecule has 0 saturated heterocycles. The molecule has 0 aromatic rings. The average Bonchev–Trinajstić information content (AvgIpc) is 2.00. The Balaban J connectivity index is -0.000000720. The van der Waals surface area contributed by atoms with Crippen molar-refractivity contribution in [3.8, 4) is 0 Å².